The van der Waals surface area contributed by atoms with E-state index in [-0.39, 0.29) is 12.5 Å². The molecule has 5 nitrogen and oxygen atoms in total. The van der Waals surface area contributed by atoms with Gasteiger partial charge in [-0.1, -0.05) is 25.4 Å². The van der Waals surface area contributed by atoms with Crippen LogP contribution in [0.3, 0.4) is 0 Å². The molecule has 0 fully saturated rings. The summed E-state index contributed by atoms with van der Waals surface area (Å²) in [6, 6.07) is 1.86. The standard InChI is InChI=1S/C17H19ClN4O/c1-4-22-17-13(8-20-22)15(11-5-12(18)7-19-6-11)14(9-23)16(21-17)10(2)3/h5-8,10,23H,4,9H2,1-3H3. The molecule has 120 valence electrons. The van der Waals surface area contributed by atoms with Crippen LogP contribution in [0.15, 0.2) is 24.7 Å². The smallest absolute Gasteiger partial charge is 0.158 e. The predicted octanol–water partition coefficient (Wildman–Crippen LogP) is 3.78. The molecule has 0 atom stereocenters. The van der Waals surface area contributed by atoms with Crippen LogP contribution in [0.5, 0.6) is 0 Å². The third kappa shape index (κ3) is 2.71. The van der Waals surface area contributed by atoms with Gasteiger partial charge >= 0.3 is 0 Å². The summed E-state index contributed by atoms with van der Waals surface area (Å²) in [7, 11) is 0. The SMILES string of the molecule is CCn1ncc2c(-c3cncc(Cl)c3)c(CO)c(C(C)C)nc21. The molecule has 0 radical (unpaired) electrons. The summed E-state index contributed by atoms with van der Waals surface area (Å²) in [5, 5.41) is 15.9. The first-order valence-electron chi connectivity index (χ1n) is 7.66. The Hall–Kier alpha value is -1.98. The molecule has 0 bridgehead atoms. The maximum Gasteiger partial charge on any atom is 0.158 e. The van der Waals surface area contributed by atoms with E-state index in [0.29, 0.717) is 5.02 Å². The molecule has 1 N–H and O–H groups in total. The van der Waals surface area contributed by atoms with E-state index in [1.807, 2.05) is 17.7 Å². The topological polar surface area (TPSA) is 63.8 Å². The molecule has 3 heterocycles. The van der Waals surface area contributed by atoms with Gasteiger partial charge in [-0.2, -0.15) is 5.10 Å². The molecule has 0 saturated heterocycles. The fourth-order valence-electron chi connectivity index (χ4n) is 2.89. The van der Waals surface area contributed by atoms with Crippen LogP contribution in [0.2, 0.25) is 5.02 Å². The van der Waals surface area contributed by atoms with Crippen molar-refractivity contribution < 1.29 is 5.11 Å². The molecule has 23 heavy (non-hydrogen) atoms. The molecule has 3 rings (SSSR count). The second kappa shape index (κ2) is 6.26. The van der Waals surface area contributed by atoms with Gasteiger partial charge in [-0.25, -0.2) is 9.67 Å². The van der Waals surface area contributed by atoms with E-state index < -0.39 is 0 Å². The lowest BCUT2D eigenvalue weighted by Crippen LogP contribution is -2.06. The van der Waals surface area contributed by atoms with Gasteiger partial charge < -0.3 is 5.11 Å². The molecule has 6 heteroatoms. The zero-order chi connectivity index (χ0) is 16.6. The number of pyridine rings is 2. The number of aryl methyl sites for hydroxylation is 1. The van der Waals surface area contributed by atoms with E-state index in [2.05, 4.69) is 23.9 Å². The van der Waals surface area contributed by atoms with E-state index >= 15 is 0 Å². The molecule has 3 aromatic rings. The van der Waals surface area contributed by atoms with Crippen LogP contribution in [0.25, 0.3) is 22.2 Å². The first-order valence-corrected chi connectivity index (χ1v) is 8.04. The molecular formula is C17H19ClN4O. The Morgan fingerprint density at radius 3 is 2.65 bits per heavy atom. The summed E-state index contributed by atoms with van der Waals surface area (Å²) in [6.07, 6.45) is 5.15. The second-order valence-electron chi connectivity index (χ2n) is 5.75. The van der Waals surface area contributed by atoms with Crippen molar-refractivity contribution in [1.82, 2.24) is 19.7 Å². The normalized spacial score (nSPS) is 11.6. The first-order chi connectivity index (χ1) is 11.1. The van der Waals surface area contributed by atoms with Crippen LogP contribution in [0, 0.1) is 0 Å². The lowest BCUT2D eigenvalue weighted by Gasteiger charge is -2.16. The minimum absolute atomic E-state index is 0.0877. The molecule has 0 spiro atoms. The number of nitrogens with zero attached hydrogens (tertiary/aromatic N) is 4. The Morgan fingerprint density at radius 2 is 2.04 bits per heavy atom. The zero-order valence-electron chi connectivity index (χ0n) is 13.4. The lowest BCUT2D eigenvalue weighted by atomic mass is 9.93. The minimum Gasteiger partial charge on any atom is -0.392 e. The van der Waals surface area contributed by atoms with Crippen LogP contribution < -0.4 is 0 Å². The molecule has 0 aliphatic carbocycles. The third-order valence-corrected chi connectivity index (χ3v) is 4.12. The van der Waals surface area contributed by atoms with Crippen molar-refractivity contribution in [1.29, 1.82) is 0 Å². The largest absolute Gasteiger partial charge is 0.392 e. The van der Waals surface area contributed by atoms with Gasteiger partial charge in [0, 0.05) is 41.0 Å². The molecule has 0 saturated carbocycles. The molecule has 3 aromatic heterocycles. The summed E-state index contributed by atoms with van der Waals surface area (Å²) in [6.45, 7) is 6.82. The molecule has 0 aliphatic heterocycles. The van der Waals surface area contributed by atoms with Crippen molar-refractivity contribution in [3.63, 3.8) is 0 Å². The van der Waals surface area contributed by atoms with Gasteiger partial charge in [0.05, 0.1) is 23.5 Å². The summed E-state index contributed by atoms with van der Waals surface area (Å²) in [5.41, 5.74) is 4.29. The average molecular weight is 331 g/mol. The Morgan fingerprint density at radius 1 is 1.26 bits per heavy atom. The van der Waals surface area contributed by atoms with Crippen LogP contribution >= 0.6 is 11.6 Å². The van der Waals surface area contributed by atoms with Crippen LogP contribution in [0.4, 0.5) is 0 Å². The Labute approximate surface area is 140 Å². The summed E-state index contributed by atoms with van der Waals surface area (Å²) < 4.78 is 1.86. The molecule has 0 unspecified atom stereocenters. The summed E-state index contributed by atoms with van der Waals surface area (Å²) >= 11 is 6.11. The van der Waals surface area contributed by atoms with E-state index in [1.165, 1.54) is 0 Å². The highest BCUT2D eigenvalue weighted by molar-refractivity contribution is 6.30. The van der Waals surface area contributed by atoms with Crippen LogP contribution in [-0.4, -0.2) is 24.9 Å². The number of aliphatic hydroxyl groups is 1. The van der Waals surface area contributed by atoms with Gasteiger partial charge in [0.25, 0.3) is 0 Å². The quantitative estimate of drug-likeness (QED) is 0.790. The lowest BCUT2D eigenvalue weighted by molar-refractivity contribution is 0.280. The number of fused-ring (bicyclic) bond motifs is 1. The number of aliphatic hydroxyl groups excluding tert-OH is 1. The van der Waals surface area contributed by atoms with E-state index in [4.69, 9.17) is 16.6 Å². The molecule has 0 aromatic carbocycles. The maximum atomic E-state index is 9.98. The number of aromatic nitrogens is 4. The highest BCUT2D eigenvalue weighted by atomic mass is 35.5. The monoisotopic (exact) mass is 330 g/mol. The van der Waals surface area contributed by atoms with Crippen molar-refractivity contribution >= 4 is 22.6 Å². The third-order valence-electron chi connectivity index (χ3n) is 3.92. The fourth-order valence-corrected chi connectivity index (χ4v) is 3.07. The van der Waals surface area contributed by atoms with Crippen molar-refractivity contribution in [2.24, 2.45) is 0 Å². The summed E-state index contributed by atoms with van der Waals surface area (Å²) in [4.78, 5) is 8.96. The second-order valence-corrected chi connectivity index (χ2v) is 6.19. The number of hydrogen-bond donors (Lipinski definition) is 1. The van der Waals surface area contributed by atoms with Gasteiger partial charge in [0.2, 0.25) is 0 Å². The number of halogens is 1. The Bertz CT molecular complexity index is 857. The number of hydrogen-bond acceptors (Lipinski definition) is 4. The Kier molecular flexibility index (Phi) is 4.33. The van der Waals surface area contributed by atoms with Crippen LogP contribution in [0.1, 0.15) is 37.9 Å². The fraction of sp³-hybridized carbons (Fsp3) is 0.353. The van der Waals surface area contributed by atoms with Crippen molar-refractivity contribution in [2.45, 2.75) is 39.8 Å². The zero-order valence-corrected chi connectivity index (χ0v) is 14.2. The van der Waals surface area contributed by atoms with Gasteiger partial charge in [-0.15, -0.1) is 0 Å². The number of rotatable bonds is 4. The average Bonchev–Trinajstić information content (AvgIpc) is 2.95. The van der Waals surface area contributed by atoms with Crippen LogP contribution in [-0.2, 0) is 13.2 Å². The van der Waals surface area contributed by atoms with E-state index in [9.17, 15) is 5.11 Å². The van der Waals surface area contributed by atoms with Gasteiger partial charge in [-0.3, -0.25) is 4.98 Å². The highest BCUT2D eigenvalue weighted by Gasteiger charge is 2.20. The highest BCUT2D eigenvalue weighted by Crippen LogP contribution is 2.36. The molecule has 0 aliphatic rings. The van der Waals surface area contributed by atoms with Crippen molar-refractivity contribution in [3.8, 4) is 11.1 Å². The molecule has 0 amide bonds. The van der Waals surface area contributed by atoms with E-state index in [0.717, 1.165) is 40.0 Å². The van der Waals surface area contributed by atoms with Gasteiger partial charge in [-0.05, 0) is 18.9 Å². The predicted molar refractivity (Wildman–Crippen MR) is 91.5 cm³/mol. The minimum atomic E-state index is -0.0877. The maximum absolute atomic E-state index is 9.98. The first kappa shape index (κ1) is 15.9. The van der Waals surface area contributed by atoms with Crippen molar-refractivity contribution in [2.75, 3.05) is 0 Å². The molecular weight excluding hydrogens is 312 g/mol. The van der Waals surface area contributed by atoms with Crippen molar-refractivity contribution in [3.05, 3.63) is 40.9 Å². The summed E-state index contributed by atoms with van der Waals surface area (Å²) in [5.74, 6) is 0.188. The van der Waals surface area contributed by atoms with Gasteiger partial charge in [0.15, 0.2) is 5.65 Å². The van der Waals surface area contributed by atoms with Gasteiger partial charge in [0.1, 0.15) is 0 Å². The Balaban J connectivity index is 2.43. The van der Waals surface area contributed by atoms with E-state index in [1.54, 1.807) is 18.6 Å².